The Labute approximate surface area is 71.9 Å². The fourth-order valence-corrected chi connectivity index (χ4v) is 0.994. The Morgan fingerprint density at radius 1 is 1.58 bits per heavy atom. The molecule has 1 aromatic rings. The van der Waals surface area contributed by atoms with Crippen LogP contribution in [0.1, 0.15) is 11.1 Å². The molecule has 0 aliphatic rings. The Balaban J connectivity index is 3.07. The summed E-state index contributed by atoms with van der Waals surface area (Å²) < 4.78 is 0. The van der Waals surface area contributed by atoms with Gasteiger partial charge in [0.25, 0.3) is 0 Å². The number of nitrogens with two attached hydrogens (primary N) is 1. The summed E-state index contributed by atoms with van der Waals surface area (Å²) in [5.41, 5.74) is 7.68. The number of benzene rings is 1. The molecule has 2 nitrogen and oxygen atoms in total. The van der Waals surface area contributed by atoms with Gasteiger partial charge in [-0.3, -0.25) is 0 Å². The minimum Gasteiger partial charge on any atom is -0.398 e. The highest BCUT2D eigenvalue weighted by molar-refractivity contribution is 5.55. The maximum atomic E-state index is 8.66. The average Bonchev–Trinajstić information content (AvgIpc) is 2.09. The summed E-state index contributed by atoms with van der Waals surface area (Å²) in [6, 6.07) is 7.47. The molecular formula is C10H10N2. The van der Waals surface area contributed by atoms with Crippen molar-refractivity contribution in [3.63, 3.8) is 0 Å². The zero-order valence-electron chi connectivity index (χ0n) is 6.75. The number of nitriles is 1. The molecule has 12 heavy (non-hydrogen) atoms. The van der Waals surface area contributed by atoms with Crippen molar-refractivity contribution < 1.29 is 0 Å². The standard InChI is InChI=1S/C10H10N2/c1-2-3-8-4-5-10(12)9(6-8)7-11/h2,4-6H,1,3,12H2. The highest BCUT2D eigenvalue weighted by Gasteiger charge is 1.97. The van der Waals surface area contributed by atoms with E-state index in [0.717, 1.165) is 12.0 Å². The van der Waals surface area contributed by atoms with Crippen molar-refractivity contribution in [1.82, 2.24) is 0 Å². The van der Waals surface area contributed by atoms with Gasteiger partial charge in [0, 0.05) is 5.69 Å². The third-order valence-electron chi connectivity index (χ3n) is 1.62. The van der Waals surface area contributed by atoms with E-state index in [1.807, 2.05) is 12.1 Å². The second-order valence-electron chi connectivity index (χ2n) is 2.53. The van der Waals surface area contributed by atoms with Gasteiger partial charge in [0.2, 0.25) is 0 Å². The molecular weight excluding hydrogens is 148 g/mol. The molecule has 0 unspecified atom stereocenters. The summed E-state index contributed by atoms with van der Waals surface area (Å²) in [5, 5.41) is 8.66. The van der Waals surface area contributed by atoms with Crippen molar-refractivity contribution in [3.05, 3.63) is 42.0 Å². The molecule has 0 aromatic heterocycles. The Hall–Kier alpha value is -1.75. The first-order chi connectivity index (χ1) is 5.77. The van der Waals surface area contributed by atoms with Crippen LogP contribution in [0.4, 0.5) is 5.69 Å². The molecule has 0 bridgehead atoms. The monoisotopic (exact) mass is 158 g/mol. The van der Waals surface area contributed by atoms with Crippen LogP contribution >= 0.6 is 0 Å². The number of rotatable bonds is 2. The van der Waals surface area contributed by atoms with Gasteiger partial charge in [0.1, 0.15) is 6.07 Å². The van der Waals surface area contributed by atoms with Gasteiger partial charge in [-0.05, 0) is 24.1 Å². The lowest BCUT2D eigenvalue weighted by molar-refractivity contribution is 1.27. The first-order valence-corrected chi connectivity index (χ1v) is 3.67. The molecule has 60 valence electrons. The summed E-state index contributed by atoms with van der Waals surface area (Å²) in [6.07, 6.45) is 2.57. The van der Waals surface area contributed by atoms with Crippen LogP contribution in [0, 0.1) is 11.3 Å². The average molecular weight is 158 g/mol. The van der Waals surface area contributed by atoms with Crippen LogP contribution in [0.15, 0.2) is 30.9 Å². The van der Waals surface area contributed by atoms with E-state index in [2.05, 4.69) is 6.58 Å². The molecule has 0 radical (unpaired) electrons. The lowest BCUT2D eigenvalue weighted by atomic mass is 10.1. The van der Waals surface area contributed by atoms with E-state index in [1.54, 1.807) is 18.2 Å². The van der Waals surface area contributed by atoms with E-state index in [0.29, 0.717) is 11.3 Å². The summed E-state index contributed by atoms with van der Waals surface area (Å²) in [4.78, 5) is 0. The molecule has 0 aliphatic heterocycles. The molecule has 0 heterocycles. The van der Waals surface area contributed by atoms with Gasteiger partial charge < -0.3 is 5.73 Å². The van der Waals surface area contributed by atoms with Gasteiger partial charge in [-0.15, -0.1) is 6.58 Å². The van der Waals surface area contributed by atoms with Crippen molar-refractivity contribution in [1.29, 1.82) is 5.26 Å². The van der Waals surface area contributed by atoms with E-state index in [-0.39, 0.29) is 0 Å². The van der Waals surface area contributed by atoms with Crippen molar-refractivity contribution in [2.75, 3.05) is 5.73 Å². The predicted octanol–water partition coefficient (Wildman–Crippen LogP) is 1.87. The van der Waals surface area contributed by atoms with Crippen LogP contribution in [0.25, 0.3) is 0 Å². The highest BCUT2D eigenvalue weighted by atomic mass is 14.6. The van der Waals surface area contributed by atoms with Crippen LogP contribution in [-0.2, 0) is 6.42 Å². The third kappa shape index (κ3) is 1.64. The molecule has 0 aliphatic carbocycles. The topological polar surface area (TPSA) is 49.8 Å². The summed E-state index contributed by atoms with van der Waals surface area (Å²) in [5.74, 6) is 0. The first-order valence-electron chi connectivity index (χ1n) is 3.67. The number of hydrogen-bond donors (Lipinski definition) is 1. The van der Waals surface area contributed by atoms with E-state index >= 15 is 0 Å². The molecule has 0 spiro atoms. The molecule has 0 saturated carbocycles. The third-order valence-corrected chi connectivity index (χ3v) is 1.62. The van der Waals surface area contributed by atoms with E-state index in [1.165, 1.54) is 0 Å². The van der Waals surface area contributed by atoms with Crippen LogP contribution in [0.2, 0.25) is 0 Å². The maximum absolute atomic E-state index is 8.66. The zero-order chi connectivity index (χ0) is 8.97. The van der Waals surface area contributed by atoms with Gasteiger partial charge in [-0.25, -0.2) is 0 Å². The molecule has 1 aromatic carbocycles. The van der Waals surface area contributed by atoms with E-state index in [4.69, 9.17) is 11.0 Å². The zero-order valence-corrected chi connectivity index (χ0v) is 6.75. The van der Waals surface area contributed by atoms with Gasteiger partial charge in [-0.1, -0.05) is 12.1 Å². The Morgan fingerprint density at radius 2 is 2.33 bits per heavy atom. The number of anilines is 1. The number of allylic oxidation sites excluding steroid dienone is 1. The van der Waals surface area contributed by atoms with Crippen LogP contribution in [-0.4, -0.2) is 0 Å². The van der Waals surface area contributed by atoms with E-state index in [9.17, 15) is 0 Å². The molecule has 0 atom stereocenters. The van der Waals surface area contributed by atoms with E-state index < -0.39 is 0 Å². The van der Waals surface area contributed by atoms with Crippen molar-refractivity contribution >= 4 is 5.69 Å². The van der Waals surface area contributed by atoms with Gasteiger partial charge in [0.15, 0.2) is 0 Å². The van der Waals surface area contributed by atoms with Crippen molar-refractivity contribution in [2.24, 2.45) is 0 Å². The second-order valence-corrected chi connectivity index (χ2v) is 2.53. The highest BCUT2D eigenvalue weighted by Crippen LogP contribution is 2.13. The van der Waals surface area contributed by atoms with Gasteiger partial charge >= 0.3 is 0 Å². The summed E-state index contributed by atoms with van der Waals surface area (Å²) >= 11 is 0. The lowest BCUT2D eigenvalue weighted by Gasteiger charge is -1.99. The molecule has 0 amide bonds. The van der Waals surface area contributed by atoms with Crippen molar-refractivity contribution in [3.8, 4) is 6.07 Å². The number of nitrogen functional groups attached to an aromatic ring is 1. The smallest absolute Gasteiger partial charge is 0.101 e. The first kappa shape index (κ1) is 8.35. The molecule has 1 rings (SSSR count). The van der Waals surface area contributed by atoms with Crippen LogP contribution < -0.4 is 5.73 Å². The molecule has 0 saturated heterocycles. The Morgan fingerprint density at radius 3 is 2.92 bits per heavy atom. The minimum absolute atomic E-state index is 0.533. The normalized spacial score (nSPS) is 8.92. The van der Waals surface area contributed by atoms with Gasteiger partial charge in [-0.2, -0.15) is 5.26 Å². The van der Waals surface area contributed by atoms with Crippen LogP contribution in [0.5, 0.6) is 0 Å². The van der Waals surface area contributed by atoms with Crippen LogP contribution in [0.3, 0.4) is 0 Å². The number of hydrogen-bond acceptors (Lipinski definition) is 2. The van der Waals surface area contributed by atoms with Gasteiger partial charge in [0.05, 0.1) is 5.56 Å². The lowest BCUT2D eigenvalue weighted by Crippen LogP contribution is -1.91. The second kappa shape index (κ2) is 3.59. The maximum Gasteiger partial charge on any atom is 0.101 e. The molecule has 2 heteroatoms. The Kier molecular flexibility index (Phi) is 2.49. The molecule has 0 fully saturated rings. The Bertz CT molecular complexity index is 334. The van der Waals surface area contributed by atoms with Crippen molar-refractivity contribution in [2.45, 2.75) is 6.42 Å². The number of nitrogens with zero attached hydrogens (tertiary/aromatic N) is 1. The fourth-order valence-electron chi connectivity index (χ4n) is 0.994. The molecule has 2 N–H and O–H groups in total. The quantitative estimate of drug-likeness (QED) is 0.527. The largest absolute Gasteiger partial charge is 0.398 e. The predicted molar refractivity (Wildman–Crippen MR) is 49.5 cm³/mol. The summed E-state index contributed by atoms with van der Waals surface area (Å²) in [6.45, 7) is 3.62. The fraction of sp³-hybridized carbons (Fsp3) is 0.100. The summed E-state index contributed by atoms with van der Waals surface area (Å²) in [7, 11) is 0. The minimum atomic E-state index is 0.533. The SMILES string of the molecule is C=CCc1ccc(N)c(C#N)c1.